The van der Waals surface area contributed by atoms with Crippen LogP contribution in [0.4, 0.5) is 4.39 Å². The molecule has 0 amide bonds. The van der Waals surface area contributed by atoms with Crippen LogP contribution in [0.15, 0.2) is 29.3 Å². The highest BCUT2D eigenvalue weighted by atomic mass is 127. The molecule has 168 valence electrons. The van der Waals surface area contributed by atoms with Crippen LogP contribution < -0.4 is 10.6 Å². The number of nitrogens with zero attached hydrogens (tertiary/aromatic N) is 2. The van der Waals surface area contributed by atoms with Crippen molar-refractivity contribution in [2.24, 2.45) is 10.9 Å². The molecule has 3 aliphatic rings. The van der Waals surface area contributed by atoms with Gasteiger partial charge in [0.05, 0.1) is 13.2 Å². The van der Waals surface area contributed by atoms with E-state index in [4.69, 9.17) is 9.73 Å². The first kappa shape index (κ1) is 23.7. The Morgan fingerprint density at radius 3 is 2.70 bits per heavy atom. The number of ether oxygens (including phenoxy) is 1. The molecule has 0 aromatic heterocycles. The Balaban J connectivity index is 0.00000256. The number of piperidine rings is 1. The van der Waals surface area contributed by atoms with Crippen molar-refractivity contribution >= 4 is 29.9 Å². The molecule has 1 unspecified atom stereocenters. The van der Waals surface area contributed by atoms with E-state index in [1.807, 2.05) is 12.1 Å². The van der Waals surface area contributed by atoms with Gasteiger partial charge in [-0.1, -0.05) is 12.1 Å². The molecule has 2 aliphatic heterocycles. The van der Waals surface area contributed by atoms with Gasteiger partial charge in [0.1, 0.15) is 5.82 Å². The minimum absolute atomic E-state index is 0. The SMILES string of the molecule is CCNC(=NCC1(c2cccc(F)c2)CC1)NC1CCN(CC2CCOC2)CC1.I. The molecule has 1 aromatic rings. The Kier molecular flexibility index (Phi) is 8.77. The average molecular weight is 530 g/mol. The van der Waals surface area contributed by atoms with E-state index in [0.29, 0.717) is 12.6 Å². The van der Waals surface area contributed by atoms with Crippen molar-refractivity contribution in [3.63, 3.8) is 0 Å². The molecule has 2 N–H and O–H groups in total. The van der Waals surface area contributed by atoms with E-state index in [9.17, 15) is 4.39 Å². The van der Waals surface area contributed by atoms with Gasteiger partial charge in [-0.05, 0) is 62.6 Å². The highest BCUT2D eigenvalue weighted by Crippen LogP contribution is 2.48. The van der Waals surface area contributed by atoms with Crippen molar-refractivity contribution in [1.29, 1.82) is 0 Å². The van der Waals surface area contributed by atoms with Gasteiger partial charge in [-0.15, -0.1) is 24.0 Å². The van der Waals surface area contributed by atoms with Crippen LogP contribution in [-0.2, 0) is 10.2 Å². The van der Waals surface area contributed by atoms with Gasteiger partial charge >= 0.3 is 0 Å². The second-order valence-corrected chi connectivity index (χ2v) is 8.93. The lowest BCUT2D eigenvalue weighted by atomic mass is 9.96. The Morgan fingerprint density at radius 1 is 1.27 bits per heavy atom. The maximum atomic E-state index is 13.6. The molecule has 2 heterocycles. The summed E-state index contributed by atoms with van der Waals surface area (Å²) in [4.78, 5) is 7.48. The van der Waals surface area contributed by atoms with Crippen LogP contribution in [0.2, 0.25) is 0 Å². The number of hydrogen-bond acceptors (Lipinski definition) is 3. The van der Waals surface area contributed by atoms with E-state index in [1.54, 1.807) is 6.07 Å². The summed E-state index contributed by atoms with van der Waals surface area (Å²) in [5, 5.41) is 7.05. The van der Waals surface area contributed by atoms with Gasteiger partial charge in [-0.2, -0.15) is 0 Å². The number of benzene rings is 1. The summed E-state index contributed by atoms with van der Waals surface area (Å²) in [5.74, 6) is 1.47. The Hall–Kier alpha value is -0.930. The summed E-state index contributed by atoms with van der Waals surface area (Å²) >= 11 is 0. The molecule has 2 saturated heterocycles. The normalized spacial score (nSPS) is 24.3. The predicted octanol–water partition coefficient (Wildman–Crippen LogP) is 3.53. The monoisotopic (exact) mass is 530 g/mol. The molecule has 1 aliphatic carbocycles. The summed E-state index contributed by atoms with van der Waals surface area (Å²) in [5.41, 5.74) is 1.11. The maximum Gasteiger partial charge on any atom is 0.191 e. The molecule has 5 nitrogen and oxygen atoms in total. The molecule has 30 heavy (non-hydrogen) atoms. The third kappa shape index (κ3) is 6.29. The van der Waals surface area contributed by atoms with Crippen LogP contribution >= 0.6 is 24.0 Å². The van der Waals surface area contributed by atoms with Gasteiger partial charge < -0.3 is 20.3 Å². The number of nitrogens with one attached hydrogen (secondary N) is 2. The van der Waals surface area contributed by atoms with Crippen molar-refractivity contribution in [3.8, 4) is 0 Å². The van der Waals surface area contributed by atoms with Crippen molar-refractivity contribution in [1.82, 2.24) is 15.5 Å². The van der Waals surface area contributed by atoms with Gasteiger partial charge in [0.2, 0.25) is 0 Å². The van der Waals surface area contributed by atoms with E-state index in [0.717, 1.165) is 76.0 Å². The topological polar surface area (TPSA) is 48.9 Å². The fourth-order valence-corrected chi connectivity index (χ4v) is 4.60. The molecule has 0 radical (unpaired) electrons. The Bertz CT molecular complexity index is 698. The molecule has 4 rings (SSSR count). The van der Waals surface area contributed by atoms with E-state index < -0.39 is 0 Å². The van der Waals surface area contributed by atoms with E-state index in [2.05, 4.69) is 22.5 Å². The van der Waals surface area contributed by atoms with Crippen molar-refractivity contribution in [3.05, 3.63) is 35.6 Å². The van der Waals surface area contributed by atoms with Crippen LogP contribution in [0.3, 0.4) is 0 Å². The fraction of sp³-hybridized carbons (Fsp3) is 0.696. The predicted molar refractivity (Wildman–Crippen MR) is 130 cm³/mol. The lowest BCUT2D eigenvalue weighted by molar-refractivity contribution is 0.150. The van der Waals surface area contributed by atoms with Crippen LogP contribution in [0.25, 0.3) is 0 Å². The molecule has 3 fully saturated rings. The molecule has 0 bridgehead atoms. The third-order valence-electron chi connectivity index (χ3n) is 6.64. The third-order valence-corrected chi connectivity index (χ3v) is 6.64. The lowest BCUT2D eigenvalue weighted by Gasteiger charge is -2.34. The average Bonchev–Trinajstić information content (AvgIpc) is 3.35. The number of rotatable bonds is 7. The zero-order chi connectivity index (χ0) is 20.1. The second kappa shape index (κ2) is 11.1. The Morgan fingerprint density at radius 2 is 2.07 bits per heavy atom. The van der Waals surface area contributed by atoms with Crippen LogP contribution in [0.5, 0.6) is 0 Å². The fourth-order valence-electron chi connectivity index (χ4n) is 4.60. The zero-order valence-electron chi connectivity index (χ0n) is 18.0. The minimum atomic E-state index is -0.154. The molecule has 1 atom stereocenters. The standard InChI is InChI=1S/C23H35FN4O.HI/c1-2-25-22(26-17-23(9-10-23)19-4-3-5-20(24)14-19)27-21-6-11-28(12-7-21)15-18-8-13-29-16-18;/h3-5,14,18,21H,2,6-13,15-17H2,1H3,(H2,25,26,27);1H. The van der Waals surface area contributed by atoms with Gasteiger partial charge in [-0.3, -0.25) is 4.99 Å². The molecule has 1 saturated carbocycles. The first-order valence-electron chi connectivity index (χ1n) is 11.3. The Labute approximate surface area is 197 Å². The second-order valence-electron chi connectivity index (χ2n) is 8.93. The van der Waals surface area contributed by atoms with Gasteiger partial charge in [0, 0.05) is 44.2 Å². The number of guanidine groups is 1. The van der Waals surface area contributed by atoms with Crippen molar-refractivity contribution < 1.29 is 9.13 Å². The quantitative estimate of drug-likeness (QED) is 0.322. The van der Waals surface area contributed by atoms with Crippen LogP contribution in [-0.4, -0.2) is 62.8 Å². The smallest absolute Gasteiger partial charge is 0.191 e. The van der Waals surface area contributed by atoms with Crippen molar-refractivity contribution in [2.45, 2.75) is 50.5 Å². The zero-order valence-corrected chi connectivity index (χ0v) is 20.4. The van der Waals surface area contributed by atoms with E-state index >= 15 is 0 Å². The number of halogens is 2. The summed E-state index contributed by atoms with van der Waals surface area (Å²) in [6, 6.07) is 7.50. The van der Waals surface area contributed by atoms with Gasteiger partial charge in [0.15, 0.2) is 5.96 Å². The molecular weight excluding hydrogens is 494 g/mol. The van der Waals surface area contributed by atoms with Crippen LogP contribution in [0.1, 0.15) is 44.6 Å². The van der Waals surface area contributed by atoms with E-state index in [-0.39, 0.29) is 35.2 Å². The van der Waals surface area contributed by atoms with Gasteiger partial charge in [-0.25, -0.2) is 4.39 Å². The highest BCUT2D eigenvalue weighted by Gasteiger charge is 2.44. The van der Waals surface area contributed by atoms with E-state index in [1.165, 1.54) is 19.0 Å². The largest absolute Gasteiger partial charge is 0.381 e. The maximum absolute atomic E-state index is 13.6. The molecule has 1 aromatic carbocycles. The number of likely N-dealkylation sites (tertiary alicyclic amines) is 1. The highest BCUT2D eigenvalue weighted by molar-refractivity contribution is 14.0. The summed E-state index contributed by atoms with van der Waals surface area (Å²) in [6.45, 7) is 8.98. The first-order chi connectivity index (χ1) is 14.2. The summed E-state index contributed by atoms with van der Waals surface area (Å²) in [6.07, 6.45) is 5.67. The molecule has 7 heteroatoms. The van der Waals surface area contributed by atoms with Gasteiger partial charge in [0.25, 0.3) is 0 Å². The number of aliphatic imine (C=N–C) groups is 1. The first-order valence-corrected chi connectivity index (χ1v) is 11.3. The summed E-state index contributed by atoms with van der Waals surface area (Å²) in [7, 11) is 0. The minimum Gasteiger partial charge on any atom is -0.381 e. The van der Waals surface area contributed by atoms with Crippen molar-refractivity contribution in [2.75, 3.05) is 45.9 Å². The summed E-state index contributed by atoms with van der Waals surface area (Å²) < 4.78 is 19.2. The number of hydrogen-bond donors (Lipinski definition) is 2. The lowest BCUT2D eigenvalue weighted by Crippen LogP contribution is -2.49. The molecular formula is C23H36FIN4O. The van der Waals surface area contributed by atoms with Crippen LogP contribution in [0, 0.1) is 11.7 Å². The molecule has 0 spiro atoms.